The molecule has 1 aromatic carbocycles. The molecule has 4 nitrogen and oxygen atoms in total. The number of nitro benzene ring substituents is 1. The van der Waals surface area contributed by atoms with Gasteiger partial charge in [0.25, 0.3) is 5.69 Å². The highest BCUT2D eigenvalue weighted by Crippen LogP contribution is 2.42. The Morgan fingerprint density at radius 1 is 1.35 bits per heavy atom. The van der Waals surface area contributed by atoms with Crippen LogP contribution in [0, 0.1) is 15.5 Å². The molecule has 5 heteroatoms. The number of hydrogen-bond donors (Lipinski definition) is 1. The van der Waals surface area contributed by atoms with Gasteiger partial charge in [0.1, 0.15) is 0 Å². The summed E-state index contributed by atoms with van der Waals surface area (Å²) >= 11 is 1.83. The van der Waals surface area contributed by atoms with Crippen LogP contribution in [0.3, 0.4) is 0 Å². The summed E-state index contributed by atoms with van der Waals surface area (Å²) in [5.74, 6) is 0. The van der Waals surface area contributed by atoms with Gasteiger partial charge in [-0.15, -0.1) is 11.8 Å². The van der Waals surface area contributed by atoms with Gasteiger partial charge < -0.3 is 5.32 Å². The zero-order valence-corrected chi connectivity index (χ0v) is 13.1. The van der Waals surface area contributed by atoms with Crippen LogP contribution in [0.1, 0.15) is 33.1 Å². The van der Waals surface area contributed by atoms with Crippen molar-refractivity contribution in [1.29, 1.82) is 0 Å². The smallest absolute Gasteiger partial charge is 0.269 e. The minimum absolute atomic E-state index is 0.156. The van der Waals surface area contributed by atoms with Gasteiger partial charge in [0.15, 0.2) is 0 Å². The maximum Gasteiger partial charge on any atom is 0.269 e. The second kappa shape index (κ2) is 6.14. The Balaban J connectivity index is 2.08. The number of benzene rings is 1. The van der Waals surface area contributed by atoms with Gasteiger partial charge in [-0.2, -0.15) is 0 Å². The monoisotopic (exact) mass is 294 g/mol. The molecule has 1 saturated carbocycles. The van der Waals surface area contributed by atoms with Gasteiger partial charge in [0.2, 0.25) is 0 Å². The maximum atomic E-state index is 10.7. The average Bonchev–Trinajstić information content (AvgIpc) is 2.38. The molecule has 0 bridgehead atoms. The molecule has 1 fully saturated rings. The Labute approximate surface area is 124 Å². The van der Waals surface area contributed by atoms with Gasteiger partial charge >= 0.3 is 0 Å². The third-order valence-electron chi connectivity index (χ3n) is 4.04. The zero-order valence-electron chi connectivity index (χ0n) is 12.3. The van der Waals surface area contributed by atoms with E-state index in [1.54, 1.807) is 12.1 Å². The molecule has 0 heterocycles. The van der Waals surface area contributed by atoms with Crippen LogP contribution in [0.4, 0.5) is 5.69 Å². The van der Waals surface area contributed by atoms with Gasteiger partial charge in [-0.1, -0.05) is 13.8 Å². The quantitative estimate of drug-likeness (QED) is 0.677. The van der Waals surface area contributed by atoms with E-state index < -0.39 is 0 Å². The fourth-order valence-electron chi connectivity index (χ4n) is 2.80. The molecule has 2 rings (SSSR count). The van der Waals surface area contributed by atoms with Crippen molar-refractivity contribution in [2.24, 2.45) is 5.41 Å². The minimum atomic E-state index is -0.353. The lowest BCUT2D eigenvalue weighted by atomic mass is 9.75. The van der Waals surface area contributed by atoms with Crippen LogP contribution in [0.2, 0.25) is 0 Å². The largest absolute Gasteiger partial charge is 0.316 e. The average molecular weight is 294 g/mol. The minimum Gasteiger partial charge on any atom is -0.316 e. The summed E-state index contributed by atoms with van der Waals surface area (Å²) in [6.45, 7) is 4.64. The highest BCUT2D eigenvalue weighted by molar-refractivity contribution is 8.00. The number of rotatable bonds is 4. The standard InChI is InChI=1S/C15H22N2O2S/c1-15(2)9-8-13(16-3)14(10-15)20-12-6-4-11(5-7-12)17(18)19/h4-7,13-14,16H,8-10H2,1-3H3. The van der Waals surface area contributed by atoms with Crippen molar-refractivity contribution >= 4 is 17.4 Å². The normalized spacial score (nSPS) is 25.4. The van der Waals surface area contributed by atoms with Gasteiger partial charge in [-0.25, -0.2) is 0 Å². The van der Waals surface area contributed by atoms with E-state index in [9.17, 15) is 10.1 Å². The molecule has 0 amide bonds. The van der Waals surface area contributed by atoms with E-state index in [-0.39, 0.29) is 10.6 Å². The van der Waals surface area contributed by atoms with Crippen molar-refractivity contribution in [1.82, 2.24) is 5.32 Å². The van der Waals surface area contributed by atoms with Crippen molar-refractivity contribution in [3.63, 3.8) is 0 Å². The highest BCUT2D eigenvalue weighted by Gasteiger charge is 2.34. The van der Waals surface area contributed by atoms with Crippen molar-refractivity contribution in [2.45, 2.75) is 49.3 Å². The van der Waals surface area contributed by atoms with E-state index >= 15 is 0 Å². The van der Waals surface area contributed by atoms with Crippen molar-refractivity contribution in [3.8, 4) is 0 Å². The second-order valence-corrected chi connectivity index (χ2v) is 7.52. The van der Waals surface area contributed by atoms with E-state index in [2.05, 4.69) is 19.2 Å². The van der Waals surface area contributed by atoms with Crippen LogP contribution in [0.5, 0.6) is 0 Å². The number of non-ortho nitro benzene ring substituents is 1. The van der Waals surface area contributed by atoms with Crippen LogP contribution in [0.15, 0.2) is 29.2 Å². The van der Waals surface area contributed by atoms with Gasteiger partial charge in [0.05, 0.1) is 4.92 Å². The predicted octanol–water partition coefficient (Wildman–Crippen LogP) is 3.85. The Kier molecular flexibility index (Phi) is 4.70. The van der Waals surface area contributed by atoms with Crippen LogP contribution < -0.4 is 5.32 Å². The number of thioether (sulfide) groups is 1. The molecular formula is C15H22N2O2S. The third-order valence-corrected chi connectivity index (χ3v) is 5.38. The summed E-state index contributed by atoms with van der Waals surface area (Å²) in [6, 6.07) is 7.41. The summed E-state index contributed by atoms with van der Waals surface area (Å²) in [5, 5.41) is 14.6. The van der Waals surface area contributed by atoms with Gasteiger partial charge in [-0.05, 0) is 43.9 Å². The lowest BCUT2D eigenvalue weighted by Gasteiger charge is -2.40. The van der Waals surface area contributed by atoms with E-state index in [1.807, 2.05) is 30.9 Å². The Hall–Kier alpha value is -1.07. The summed E-state index contributed by atoms with van der Waals surface area (Å²) in [6.07, 6.45) is 3.60. The van der Waals surface area contributed by atoms with Crippen LogP contribution in [0.25, 0.3) is 0 Å². The Morgan fingerprint density at radius 3 is 2.55 bits per heavy atom. The molecule has 0 aromatic heterocycles. The van der Waals surface area contributed by atoms with Crippen LogP contribution in [-0.2, 0) is 0 Å². The molecule has 110 valence electrons. The summed E-state index contributed by atoms with van der Waals surface area (Å²) in [7, 11) is 2.02. The molecule has 1 aliphatic carbocycles. The van der Waals surface area contributed by atoms with Crippen molar-refractivity contribution in [2.75, 3.05) is 7.05 Å². The number of nitrogens with one attached hydrogen (secondary N) is 1. The highest BCUT2D eigenvalue weighted by atomic mass is 32.2. The van der Waals surface area contributed by atoms with Crippen molar-refractivity contribution in [3.05, 3.63) is 34.4 Å². The molecule has 1 aliphatic rings. The lowest BCUT2D eigenvalue weighted by Crippen LogP contribution is -2.43. The van der Waals surface area contributed by atoms with Gasteiger partial charge in [-0.3, -0.25) is 10.1 Å². The van der Waals surface area contributed by atoms with Crippen molar-refractivity contribution < 1.29 is 4.92 Å². The molecule has 0 radical (unpaired) electrons. The fourth-order valence-corrected chi connectivity index (χ4v) is 4.41. The number of hydrogen-bond acceptors (Lipinski definition) is 4. The van der Waals surface area contributed by atoms with E-state index in [1.165, 1.54) is 19.3 Å². The lowest BCUT2D eigenvalue weighted by molar-refractivity contribution is -0.384. The Morgan fingerprint density at radius 2 is 2.00 bits per heavy atom. The Bertz CT molecular complexity index is 473. The second-order valence-electron chi connectivity index (χ2n) is 6.21. The maximum absolute atomic E-state index is 10.7. The SMILES string of the molecule is CNC1CCC(C)(C)CC1Sc1ccc([N+](=O)[O-])cc1. The molecule has 1 N–H and O–H groups in total. The molecular weight excluding hydrogens is 272 g/mol. The number of nitrogens with zero attached hydrogens (tertiary/aromatic N) is 1. The first-order valence-electron chi connectivity index (χ1n) is 7.00. The summed E-state index contributed by atoms with van der Waals surface area (Å²) in [4.78, 5) is 11.4. The third kappa shape index (κ3) is 3.73. The molecule has 1 aromatic rings. The van der Waals surface area contributed by atoms with Gasteiger partial charge in [0, 0.05) is 28.3 Å². The van der Waals surface area contributed by atoms with E-state index in [4.69, 9.17) is 0 Å². The fraction of sp³-hybridized carbons (Fsp3) is 0.600. The zero-order chi connectivity index (χ0) is 14.8. The molecule has 20 heavy (non-hydrogen) atoms. The molecule has 0 saturated heterocycles. The van der Waals surface area contributed by atoms with Crippen LogP contribution >= 0.6 is 11.8 Å². The first kappa shape index (κ1) is 15.3. The van der Waals surface area contributed by atoms with Crippen LogP contribution in [-0.4, -0.2) is 23.3 Å². The molecule has 2 unspecified atom stereocenters. The number of nitro groups is 1. The first-order valence-corrected chi connectivity index (χ1v) is 7.88. The molecule has 0 spiro atoms. The first-order chi connectivity index (χ1) is 9.41. The summed E-state index contributed by atoms with van der Waals surface area (Å²) in [5.41, 5.74) is 0.537. The molecule has 2 atom stereocenters. The topological polar surface area (TPSA) is 55.2 Å². The molecule has 0 aliphatic heterocycles. The predicted molar refractivity (Wildman–Crippen MR) is 83.2 cm³/mol. The summed E-state index contributed by atoms with van der Waals surface area (Å²) < 4.78 is 0. The van der Waals surface area contributed by atoms with E-state index in [0.717, 1.165) is 4.90 Å². The van der Waals surface area contributed by atoms with E-state index in [0.29, 0.717) is 16.7 Å².